The largest absolute Gasteiger partial charge is 0.389 e. The van der Waals surface area contributed by atoms with Gasteiger partial charge in [0.2, 0.25) is 0 Å². The Balaban J connectivity index is 2.20. The van der Waals surface area contributed by atoms with Crippen LogP contribution in [0, 0.1) is 5.82 Å². The number of rotatable bonds is 3. The molecule has 1 heterocycles. The summed E-state index contributed by atoms with van der Waals surface area (Å²) in [5.41, 5.74) is 6.08. The third kappa shape index (κ3) is 3.09. The molecule has 20 heavy (non-hydrogen) atoms. The summed E-state index contributed by atoms with van der Waals surface area (Å²) < 4.78 is 13.6. The van der Waals surface area contributed by atoms with Gasteiger partial charge in [0.15, 0.2) is 5.82 Å². The number of anilines is 1. The van der Waals surface area contributed by atoms with E-state index in [1.807, 2.05) is 0 Å². The first-order valence-corrected chi connectivity index (χ1v) is 6.29. The van der Waals surface area contributed by atoms with Crippen LogP contribution in [0.5, 0.6) is 0 Å². The normalized spacial score (nSPS) is 10.1. The standard InChI is InChI=1S/C13H9ClFN3OS/c14-8-2-1-3-9(11(8)15)18-13(19)10-5-4-7(6-17-10)12(16)20/h1-6H,(H2,16,20)(H,18,19). The van der Waals surface area contributed by atoms with Crippen molar-refractivity contribution in [1.82, 2.24) is 4.98 Å². The maximum absolute atomic E-state index is 13.6. The monoisotopic (exact) mass is 309 g/mol. The summed E-state index contributed by atoms with van der Waals surface area (Å²) in [7, 11) is 0. The number of nitrogens with zero attached hydrogens (tertiary/aromatic N) is 1. The zero-order chi connectivity index (χ0) is 14.7. The second-order valence-electron chi connectivity index (χ2n) is 3.85. The van der Waals surface area contributed by atoms with Gasteiger partial charge < -0.3 is 11.1 Å². The van der Waals surface area contributed by atoms with E-state index in [0.29, 0.717) is 5.56 Å². The zero-order valence-corrected chi connectivity index (χ0v) is 11.6. The van der Waals surface area contributed by atoms with Crippen molar-refractivity contribution >= 4 is 40.4 Å². The van der Waals surface area contributed by atoms with E-state index in [-0.39, 0.29) is 21.4 Å². The van der Waals surface area contributed by atoms with E-state index in [0.717, 1.165) is 0 Å². The summed E-state index contributed by atoms with van der Waals surface area (Å²) >= 11 is 10.4. The minimum atomic E-state index is -0.692. The topological polar surface area (TPSA) is 68.0 Å². The van der Waals surface area contributed by atoms with Crippen LogP contribution in [0.3, 0.4) is 0 Å². The number of pyridine rings is 1. The lowest BCUT2D eigenvalue weighted by atomic mass is 10.2. The fourth-order valence-electron chi connectivity index (χ4n) is 1.46. The van der Waals surface area contributed by atoms with Crippen molar-refractivity contribution in [2.24, 2.45) is 5.73 Å². The molecule has 102 valence electrons. The van der Waals surface area contributed by atoms with E-state index >= 15 is 0 Å². The summed E-state index contributed by atoms with van der Waals surface area (Å²) in [6, 6.07) is 7.35. The summed E-state index contributed by atoms with van der Waals surface area (Å²) in [5.74, 6) is -1.25. The number of carbonyl (C=O) groups excluding carboxylic acids is 1. The second-order valence-corrected chi connectivity index (χ2v) is 4.70. The summed E-state index contributed by atoms with van der Waals surface area (Å²) in [4.78, 5) is 16.0. The number of nitrogens with two attached hydrogens (primary N) is 1. The molecule has 0 atom stereocenters. The SMILES string of the molecule is NC(=S)c1ccc(C(=O)Nc2cccc(Cl)c2F)nc1. The molecule has 4 nitrogen and oxygen atoms in total. The Morgan fingerprint density at radius 2 is 2.10 bits per heavy atom. The zero-order valence-electron chi connectivity index (χ0n) is 10.1. The molecule has 2 rings (SSSR count). The molecule has 0 aliphatic rings. The average Bonchev–Trinajstić information content (AvgIpc) is 2.44. The van der Waals surface area contributed by atoms with Gasteiger partial charge in [0.05, 0.1) is 10.7 Å². The molecular formula is C13H9ClFN3OS. The summed E-state index contributed by atoms with van der Waals surface area (Å²) in [5, 5.41) is 2.32. The highest BCUT2D eigenvalue weighted by molar-refractivity contribution is 7.80. The first-order valence-electron chi connectivity index (χ1n) is 5.50. The Bertz CT molecular complexity index is 676. The van der Waals surface area contributed by atoms with E-state index in [1.54, 1.807) is 6.07 Å². The highest BCUT2D eigenvalue weighted by Crippen LogP contribution is 2.22. The summed E-state index contributed by atoms with van der Waals surface area (Å²) in [6.07, 6.45) is 1.38. The Labute approximate surface area is 124 Å². The van der Waals surface area contributed by atoms with Crippen LogP contribution in [0.2, 0.25) is 5.02 Å². The van der Waals surface area contributed by atoms with Gasteiger partial charge in [-0.2, -0.15) is 0 Å². The molecular weight excluding hydrogens is 301 g/mol. The van der Waals surface area contributed by atoms with Crippen LogP contribution in [0.15, 0.2) is 36.5 Å². The van der Waals surface area contributed by atoms with Crippen LogP contribution < -0.4 is 11.1 Å². The molecule has 0 aliphatic carbocycles. The number of nitrogens with one attached hydrogen (secondary N) is 1. The molecule has 7 heteroatoms. The fourth-order valence-corrected chi connectivity index (χ4v) is 1.76. The first-order chi connectivity index (χ1) is 9.49. The van der Waals surface area contributed by atoms with E-state index < -0.39 is 11.7 Å². The molecule has 1 amide bonds. The molecule has 0 saturated heterocycles. The molecule has 2 aromatic rings. The molecule has 3 N–H and O–H groups in total. The second kappa shape index (κ2) is 5.94. The Kier molecular flexibility index (Phi) is 4.26. The molecule has 0 bridgehead atoms. The summed E-state index contributed by atoms with van der Waals surface area (Å²) in [6.45, 7) is 0. The predicted molar refractivity (Wildman–Crippen MR) is 79.5 cm³/mol. The van der Waals surface area contributed by atoms with Crippen LogP contribution in [0.1, 0.15) is 16.1 Å². The molecule has 0 aliphatic heterocycles. The van der Waals surface area contributed by atoms with Gasteiger partial charge in [-0.15, -0.1) is 0 Å². The van der Waals surface area contributed by atoms with Gasteiger partial charge in [-0.3, -0.25) is 9.78 Å². The maximum Gasteiger partial charge on any atom is 0.274 e. The molecule has 0 spiro atoms. The molecule has 0 fully saturated rings. The average molecular weight is 310 g/mol. The lowest BCUT2D eigenvalue weighted by Crippen LogP contribution is -2.16. The van der Waals surface area contributed by atoms with Gasteiger partial charge in [-0.1, -0.05) is 29.9 Å². The minimum absolute atomic E-state index is 0.0114. The van der Waals surface area contributed by atoms with Gasteiger partial charge in [0.1, 0.15) is 10.7 Å². The van der Waals surface area contributed by atoms with E-state index in [4.69, 9.17) is 29.6 Å². The van der Waals surface area contributed by atoms with E-state index in [2.05, 4.69) is 10.3 Å². The van der Waals surface area contributed by atoms with Crippen molar-refractivity contribution < 1.29 is 9.18 Å². The van der Waals surface area contributed by atoms with Crippen LogP contribution in [0.4, 0.5) is 10.1 Å². The number of aromatic nitrogens is 1. The highest BCUT2D eigenvalue weighted by atomic mass is 35.5. The Morgan fingerprint density at radius 1 is 1.35 bits per heavy atom. The van der Waals surface area contributed by atoms with Crippen LogP contribution in [-0.2, 0) is 0 Å². The third-order valence-corrected chi connectivity index (χ3v) is 3.01. The molecule has 0 radical (unpaired) electrons. The molecule has 1 aromatic heterocycles. The van der Waals surface area contributed by atoms with Crippen molar-refractivity contribution in [2.75, 3.05) is 5.32 Å². The third-order valence-electron chi connectivity index (χ3n) is 2.48. The fraction of sp³-hybridized carbons (Fsp3) is 0. The number of amides is 1. The van der Waals surface area contributed by atoms with Gasteiger partial charge in [-0.25, -0.2) is 4.39 Å². The highest BCUT2D eigenvalue weighted by Gasteiger charge is 2.12. The van der Waals surface area contributed by atoms with E-state index in [1.165, 1.54) is 30.5 Å². The lowest BCUT2D eigenvalue weighted by Gasteiger charge is -2.07. The molecule has 1 aromatic carbocycles. The van der Waals surface area contributed by atoms with Crippen molar-refractivity contribution in [2.45, 2.75) is 0 Å². The van der Waals surface area contributed by atoms with Crippen molar-refractivity contribution in [3.8, 4) is 0 Å². The lowest BCUT2D eigenvalue weighted by molar-refractivity contribution is 0.102. The van der Waals surface area contributed by atoms with Crippen LogP contribution in [-0.4, -0.2) is 15.9 Å². The van der Waals surface area contributed by atoms with Gasteiger partial charge in [-0.05, 0) is 24.3 Å². The van der Waals surface area contributed by atoms with Crippen molar-refractivity contribution in [3.05, 3.63) is 58.6 Å². The van der Waals surface area contributed by atoms with Gasteiger partial charge in [0, 0.05) is 11.8 Å². The Morgan fingerprint density at radius 3 is 2.70 bits per heavy atom. The number of halogens is 2. The smallest absolute Gasteiger partial charge is 0.274 e. The molecule has 0 saturated carbocycles. The maximum atomic E-state index is 13.6. The van der Waals surface area contributed by atoms with Crippen molar-refractivity contribution in [3.63, 3.8) is 0 Å². The number of carbonyl (C=O) groups is 1. The van der Waals surface area contributed by atoms with Crippen molar-refractivity contribution in [1.29, 1.82) is 0 Å². The first kappa shape index (κ1) is 14.4. The molecule has 0 unspecified atom stereocenters. The Hall–Kier alpha value is -2.05. The minimum Gasteiger partial charge on any atom is -0.389 e. The number of hydrogen-bond acceptors (Lipinski definition) is 3. The van der Waals surface area contributed by atoms with Gasteiger partial charge in [0.25, 0.3) is 5.91 Å². The van der Waals surface area contributed by atoms with E-state index in [9.17, 15) is 9.18 Å². The number of hydrogen-bond donors (Lipinski definition) is 2. The van der Waals surface area contributed by atoms with Gasteiger partial charge >= 0.3 is 0 Å². The predicted octanol–water partition coefficient (Wildman–Crippen LogP) is 2.76. The van der Waals surface area contributed by atoms with Crippen LogP contribution >= 0.6 is 23.8 Å². The quantitative estimate of drug-likeness (QED) is 0.856. The number of thiocarbonyl (C=S) groups is 1. The van der Waals surface area contributed by atoms with Crippen LogP contribution in [0.25, 0.3) is 0 Å². The number of benzene rings is 1.